The van der Waals surface area contributed by atoms with Crippen LogP contribution in [0.3, 0.4) is 0 Å². The van der Waals surface area contributed by atoms with Crippen molar-refractivity contribution in [1.82, 2.24) is 5.16 Å². The molecule has 3 heteroatoms. The Balaban J connectivity index is 2.76. The fourth-order valence-electron chi connectivity index (χ4n) is 0.266. The molecule has 3 nitrogen and oxygen atoms in total. The lowest BCUT2D eigenvalue weighted by Crippen LogP contribution is -1.75. The van der Waals surface area contributed by atoms with Crippen LogP contribution < -0.4 is 4.74 Å². The van der Waals surface area contributed by atoms with Gasteiger partial charge >= 0.3 is 0 Å². The third-order valence-electron chi connectivity index (χ3n) is 0.588. The second-order valence-electron chi connectivity index (χ2n) is 0.995. The van der Waals surface area contributed by atoms with E-state index in [4.69, 9.17) is 0 Å². The number of hydrogen-bond acceptors (Lipinski definition) is 3. The second-order valence-corrected chi connectivity index (χ2v) is 0.995. The molecule has 0 fully saturated rings. The van der Waals surface area contributed by atoms with E-state index < -0.39 is 0 Å². The summed E-state index contributed by atoms with van der Waals surface area (Å²) in [6.45, 7) is 0. The third-order valence-corrected chi connectivity index (χ3v) is 0.588. The van der Waals surface area contributed by atoms with Gasteiger partial charge in [-0.1, -0.05) is 5.16 Å². The van der Waals surface area contributed by atoms with Gasteiger partial charge in [0.1, 0.15) is 0 Å². The summed E-state index contributed by atoms with van der Waals surface area (Å²) in [5.41, 5.74) is 0. The summed E-state index contributed by atoms with van der Waals surface area (Å²) in [4.78, 5) is 0. The highest BCUT2D eigenvalue weighted by molar-refractivity contribution is 5.05. The highest BCUT2D eigenvalue weighted by Crippen LogP contribution is 2.02. The highest BCUT2D eigenvalue weighted by Gasteiger charge is 1.88. The van der Waals surface area contributed by atoms with Crippen LogP contribution in [-0.2, 0) is 0 Å². The van der Waals surface area contributed by atoms with Crippen molar-refractivity contribution in [1.29, 1.82) is 0 Å². The number of hydrogen-bond donors (Lipinski definition) is 0. The largest absolute Gasteiger partial charge is 0.491 e. The minimum Gasteiger partial charge on any atom is -0.491 e. The average Bonchev–Trinajstić information content (AvgIpc) is 2.14. The fourth-order valence-corrected chi connectivity index (χ4v) is 0.266. The molecule has 0 aliphatic heterocycles. The Kier molecular flexibility index (Phi) is 0.978. The van der Waals surface area contributed by atoms with Crippen LogP contribution in [0.5, 0.6) is 5.75 Å². The first-order chi connectivity index (χ1) is 3.43. The first-order valence-corrected chi connectivity index (χ1v) is 1.79. The molecule has 0 aliphatic carbocycles. The molecule has 1 heterocycles. The van der Waals surface area contributed by atoms with Gasteiger partial charge in [0.15, 0.2) is 18.2 Å². The van der Waals surface area contributed by atoms with E-state index in [1.54, 1.807) is 0 Å². The van der Waals surface area contributed by atoms with Crippen molar-refractivity contribution in [2.45, 2.75) is 0 Å². The van der Waals surface area contributed by atoms with Crippen LogP contribution in [0, 0.1) is 6.20 Å². The Morgan fingerprint density at radius 2 is 2.86 bits per heavy atom. The Labute approximate surface area is 40.9 Å². The molecule has 0 unspecified atom stereocenters. The van der Waals surface area contributed by atoms with Crippen LogP contribution in [-0.4, -0.2) is 12.3 Å². The SMILES string of the molecule is COc1[c]noc1. The molecule has 0 N–H and O–H groups in total. The zero-order valence-electron chi connectivity index (χ0n) is 3.84. The smallest absolute Gasteiger partial charge is 0.188 e. The van der Waals surface area contributed by atoms with Crippen molar-refractivity contribution in [2.24, 2.45) is 0 Å². The van der Waals surface area contributed by atoms with Crippen LogP contribution in [0.2, 0.25) is 0 Å². The molecule has 1 radical (unpaired) electrons. The predicted octanol–water partition coefficient (Wildman–Crippen LogP) is 0.483. The summed E-state index contributed by atoms with van der Waals surface area (Å²) in [6, 6.07) is 0. The van der Waals surface area contributed by atoms with Gasteiger partial charge in [0.05, 0.1) is 7.11 Å². The lowest BCUT2D eigenvalue weighted by atomic mass is 10.7. The number of methoxy groups -OCH3 is 1. The quantitative estimate of drug-likeness (QED) is 0.512. The normalized spacial score (nSPS) is 8.71. The molecule has 0 saturated carbocycles. The van der Waals surface area contributed by atoms with E-state index >= 15 is 0 Å². The maximum Gasteiger partial charge on any atom is 0.188 e. The van der Waals surface area contributed by atoms with Gasteiger partial charge in [0.25, 0.3) is 0 Å². The van der Waals surface area contributed by atoms with Gasteiger partial charge in [-0.05, 0) is 0 Å². The van der Waals surface area contributed by atoms with Crippen LogP contribution in [0.15, 0.2) is 10.8 Å². The Morgan fingerprint density at radius 3 is 3.14 bits per heavy atom. The maximum atomic E-state index is 4.64. The zero-order valence-corrected chi connectivity index (χ0v) is 3.84. The average molecular weight is 98.1 g/mol. The highest BCUT2D eigenvalue weighted by atomic mass is 16.5. The van der Waals surface area contributed by atoms with Crippen LogP contribution in [0.25, 0.3) is 0 Å². The number of nitrogens with zero attached hydrogens (tertiary/aromatic N) is 1. The minimum atomic E-state index is 0.528. The number of ether oxygens (including phenoxy) is 1. The van der Waals surface area contributed by atoms with Gasteiger partial charge in [-0.2, -0.15) is 0 Å². The molecule has 0 spiro atoms. The summed E-state index contributed by atoms with van der Waals surface area (Å²) in [7, 11) is 1.53. The third kappa shape index (κ3) is 0.707. The van der Waals surface area contributed by atoms with E-state index in [2.05, 4.69) is 20.6 Å². The maximum absolute atomic E-state index is 4.64. The molecule has 0 aliphatic rings. The molecule has 1 aromatic rings. The molecule has 1 aromatic heterocycles. The van der Waals surface area contributed by atoms with E-state index in [1.807, 2.05) is 0 Å². The van der Waals surface area contributed by atoms with Crippen molar-refractivity contribution >= 4 is 0 Å². The molecular formula is C4H4NO2. The van der Waals surface area contributed by atoms with Crippen LogP contribution in [0.4, 0.5) is 0 Å². The Bertz CT molecular complexity index is 124. The molecule has 7 heavy (non-hydrogen) atoms. The fraction of sp³-hybridized carbons (Fsp3) is 0.250. The summed E-state index contributed by atoms with van der Waals surface area (Å²) in [5, 5.41) is 3.27. The number of rotatable bonds is 1. The molecule has 0 saturated heterocycles. The van der Waals surface area contributed by atoms with Gasteiger partial charge < -0.3 is 9.26 Å². The van der Waals surface area contributed by atoms with E-state index in [0.29, 0.717) is 5.75 Å². The monoisotopic (exact) mass is 98.0 g/mol. The van der Waals surface area contributed by atoms with E-state index in [9.17, 15) is 0 Å². The van der Waals surface area contributed by atoms with Gasteiger partial charge in [0, 0.05) is 0 Å². The molecule has 0 atom stereocenters. The van der Waals surface area contributed by atoms with Crippen molar-refractivity contribution < 1.29 is 9.26 Å². The Hall–Kier alpha value is -0.990. The standard InChI is InChI=1S/C4H4NO2/c1-6-4-2-5-7-3-4/h3H,1H3. The second kappa shape index (κ2) is 1.64. The Morgan fingerprint density at radius 1 is 2.00 bits per heavy atom. The molecule has 0 aromatic carbocycles. The molecule has 0 bridgehead atoms. The summed E-state index contributed by atoms with van der Waals surface area (Å²) in [6.07, 6.45) is 3.82. The summed E-state index contributed by atoms with van der Waals surface area (Å²) in [5.74, 6) is 0.528. The molecule has 37 valence electrons. The van der Waals surface area contributed by atoms with Gasteiger partial charge in [-0.25, -0.2) is 0 Å². The van der Waals surface area contributed by atoms with Crippen molar-refractivity contribution in [2.75, 3.05) is 7.11 Å². The van der Waals surface area contributed by atoms with Gasteiger partial charge in [-0.15, -0.1) is 0 Å². The van der Waals surface area contributed by atoms with Crippen LogP contribution in [0.1, 0.15) is 0 Å². The van der Waals surface area contributed by atoms with Crippen molar-refractivity contribution in [3.63, 3.8) is 0 Å². The number of aromatic nitrogens is 1. The summed E-state index contributed by atoms with van der Waals surface area (Å²) >= 11 is 0. The lowest BCUT2D eigenvalue weighted by molar-refractivity contribution is 0.390. The first-order valence-electron chi connectivity index (χ1n) is 1.79. The molecular weight excluding hydrogens is 94.0 g/mol. The van der Waals surface area contributed by atoms with E-state index in [1.165, 1.54) is 13.4 Å². The minimum absolute atomic E-state index is 0.528. The summed E-state index contributed by atoms with van der Waals surface area (Å²) < 4.78 is 9.02. The van der Waals surface area contributed by atoms with Crippen LogP contribution >= 0.6 is 0 Å². The molecule has 0 amide bonds. The zero-order chi connectivity index (χ0) is 5.11. The van der Waals surface area contributed by atoms with E-state index in [-0.39, 0.29) is 0 Å². The van der Waals surface area contributed by atoms with Crippen molar-refractivity contribution in [3.8, 4) is 5.75 Å². The van der Waals surface area contributed by atoms with Gasteiger partial charge in [-0.3, -0.25) is 0 Å². The predicted molar refractivity (Wildman–Crippen MR) is 21.9 cm³/mol. The van der Waals surface area contributed by atoms with Crippen molar-refractivity contribution in [3.05, 3.63) is 12.5 Å². The van der Waals surface area contributed by atoms with Gasteiger partial charge in [0.2, 0.25) is 0 Å². The first kappa shape index (κ1) is 4.18. The molecule has 1 rings (SSSR count). The van der Waals surface area contributed by atoms with E-state index in [0.717, 1.165) is 0 Å². The lowest BCUT2D eigenvalue weighted by Gasteiger charge is -1.82. The topological polar surface area (TPSA) is 35.3 Å².